The fourth-order valence-electron chi connectivity index (χ4n) is 2.30. The summed E-state index contributed by atoms with van der Waals surface area (Å²) in [6, 6.07) is 8.68. The Morgan fingerprint density at radius 2 is 2.38 bits per heavy atom. The first-order valence-corrected chi connectivity index (χ1v) is 7.43. The molecule has 1 aliphatic heterocycles. The predicted molar refractivity (Wildman–Crippen MR) is 79.5 cm³/mol. The third-order valence-corrected chi connectivity index (χ3v) is 4.46. The molecule has 0 bridgehead atoms. The lowest BCUT2D eigenvalue weighted by molar-refractivity contribution is 0.104. The van der Waals surface area contributed by atoms with Crippen LogP contribution in [-0.4, -0.2) is 35.1 Å². The Morgan fingerprint density at radius 1 is 1.52 bits per heavy atom. The van der Waals surface area contributed by atoms with Crippen LogP contribution in [0.25, 0.3) is 0 Å². The van der Waals surface area contributed by atoms with Gasteiger partial charge in [0.1, 0.15) is 0 Å². The number of nitrogens with zero attached hydrogens (tertiary/aromatic N) is 3. The number of ketones is 1. The third-order valence-electron chi connectivity index (χ3n) is 3.41. The van der Waals surface area contributed by atoms with Crippen molar-refractivity contribution in [2.75, 3.05) is 18.0 Å². The molecular weight excluding hydrogens is 286 g/mol. The monoisotopic (exact) mass is 299 g/mol. The molecule has 21 heavy (non-hydrogen) atoms. The number of hydrogen-bond acceptors (Lipinski definition) is 6. The van der Waals surface area contributed by atoms with E-state index >= 15 is 0 Å². The lowest BCUT2D eigenvalue weighted by atomic mass is 10.1. The van der Waals surface area contributed by atoms with E-state index in [1.165, 1.54) is 11.3 Å². The fraction of sp³-hybridized carbons (Fsp3) is 0.267. The summed E-state index contributed by atoms with van der Waals surface area (Å²) < 4.78 is 0. The Bertz CT molecular complexity index is 720. The van der Waals surface area contributed by atoms with Crippen LogP contribution in [-0.2, 0) is 0 Å². The van der Waals surface area contributed by atoms with Gasteiger partial charge in [-0.05, 0) is 18.6 Å². The van der Waals surface area contributed by atoms with Crippen molar-refractivity contribution in [3.05, 3.63) is 46.5 Å². The van der Waals surface area contributed by atoms with Crippen molar-refractivity contribution < 1.29 is 9.90 Å². The Kier molecular flexibility index (Phi) is 3.69. The molecule has 1 saturated heterocycles. The van der Waals surface area contributed by atoms with Crippen molar-refractivity contribution in [1.29, 1.82) is 5.26 Å². The lowest BCUT2D eigenvalue weighted by Gasteiger charge is -2.12. The van der Waals surface area contributed by atoms with E-state index in [0.29, 0.717) is 22.5 Å². The molecule has 0 aliphatic carbocycles. The number of rotatable bonds is 3. The summed E-state index contributed by atoms with van der Waals surface area (Å²) in [6.07, 6.45) is 1.97. The molecule has 1 aromatic carbocycles. The zero-order valence-corrected chi connectivity index (χ0v) is 12.0. The number of carbonyl (C=O) groups excluding carboxylic acids is 1. The van der Waals surface area contributed by atoms with Crippen LogP contribution in [0.5, 0.6) is 0 Å². The van der Waals surface area contributed by atoms with Gasteiger partial charge in [-0.2, -0.15) is 5.26 Å². The zero-order chi connectivity index (χ0) is 14.8. The molecule has 0 amide bonds. The average Bonchev–Trinajstić information content (AvgIpc) is 3.15. The Morgan fingerprint density at radius 3 is 3.10 bits per heavy atom. The molecule has 0 spiro atoms. The van der Waals surface area contributed by atoms with Gasteiger partial charge >= 0.3 is 0 Å². The van der Waals surface area contributed by atoms with Crippen LogP contribution in [0.2, 0.25) is 0 Å². The Hall–Kier alpha value is -2.23. The highest BCUT2D eigenvalue weighted by molar-refractivity contribution is 7.17. The summed E-state index contributed by atoms with van der Waals surface area (Å²) in [6.45, 7) is 1.32. The average molecular weight is 299 g/mol. The smallest absolute Gasteiger partial charge is 0.204 e. The van der Waals surface area contributed by atoms with E-state index in [-0.39, 0.29) is 11.9 Å². The highest BCUT2D eigenvalue weighted by Crippen LogP contribution is 2.27. The van der Waals surface area contributed by atoms with E-state index < -0.39 is 0 Å². The van der Waals surface area contributed by atoms with Crippen LogP contribution < -0.4 is 4.90 Å². The number of aromatic nitrogens is 1. The van der Waals surface area contributed by atoms with Gasteiger partial charge in [0, 0.05) is 18.7 Å². The van der Waals surface area contributed by atoms with Gasteiger partial charge < -0.3 is 10.0 Å². The minimum absolute atomic E-state index is 0.129. The summed E-state index contributed by atoms with van der Waals surface area (Å²) in [7, 11) is 0. The van der Waals surface area contributed by atoms with Crippen LogP contribution in [0, 0.1) is 11.3 Å². The Balaban J connectivity index is 1.82. The number of aliphatic hydroxyl groups excluding tert-OH is 1. The maximum atomic E-state index is 12.4. The first kappa shape index (κ1) is 13.7. The van der Waals surface area contributed by atoms with Gasteiger partial charge in [0.25, 0.3) is 0 Å². The first-order valence-electron chi connectivity index (χ1n) is 6.61. The van der Waals surface area contributed by atoms with Crippen LogP contribution in [0.3, 0.4) is 0 Å². The summed E-state index contributed by atoms with van der Waals surface area (Å²) >= 11 is 1.32. The summed E-state index contributed by atoms with van der Waals surface area (Å²) in [4.78, 5) is 19.2. The van der Waals surface area contributed by atoms with E-state index in [1.807, 2.05) is 11.0 Å². The van der Waals surface area contributed by atoms with Crippen molar-refractivity contribution in [2.45, 2.75) is 12.5 Å². The van der Waals surface area contributed by atoms with Gasteiger partial charge in [-0.25, -0.2) is 4.98 Å². The van der Waals surface area contributed by atoms with Gasteiger partial charge in [0.2, 0.25) is 5.78 Å². The molecule has 106 valence electrons. The van der Waals surface area contributed by atoms with Gasteiger partial charge in [0.15, 0.2) is 5.13 Å². The van der Waals surface area contributed by atoms with Gasteiger partial charge in [-0.1, -0.05) is 23.5 Å². The molecule has 1 N–H and O–H groups in total. The second-order valence-electron chi connectivity index (χ2n) is 4.92. The topological polar surface area (TPSA) is 77.2 Å². The van der Waals surface area contributed by atoms with Crippen molar-refractivity contribution in [3.8, 4) is 6.07 Å². The van der Waals surface area contributed by atoms with Gasteiger partial charge in [0.05, 0.1) is 28.8 Å². The highest BCUT2D eigenvalue weighted by Gasteiger charge is 2.23. The molecule has 3 rings (SSSR count). The number of anilines is 1. The molecule has 1 aromatic heterocycles. The van der Waals surface area contributed by atoms with Gasteiger partial charge in [-0.3, -0.25) is 4.79 Å². The van der Waals surface area contributed by atoms with Crippen LogP contribution in [0.4, 0.5) is 5.13 Å². The van der Waals surface area contributed by atoms with Crippen molar-refractivity contribution in [3.63, 3.8) is 0 Å². The molecule has 2 aromatic rings. The minimum Gasteiger partial charge on any atom is -0.391 e. The van der Waals surface area contributed by atoms with Crippen LogP contribution >= 0.6 is 11.3 Å². The number of benzene rings is 1. The number of thiazole rings is 1. The quantitative estimate of drug-likeness (QED) is 0.875. The van der Waals surface area contributed by atoms with Crippen molar-refractivity contribution in [1.82, 2.24) is 4.98 Å². The highest BCUT2D eigenvalue weighted by atomic mass is 32.1. The van der Waals surface area contributed by atoms with E-state index in [4.69, 9.17) is 5.26 Å². The zero-order valence-electron chi connectivity index (χ0n) is 11.2. The number of aliphatic hydroxyl groups is 1. The number of β-amino-alcohol motifs (C(OH)–C–C–N with tert-alkyl or cyclic N) is 1. The molecule has 1 aliphatic rings. The molecule has 1 atom stereocenters. The molecule has 2 heterocycles. The first-order chi connectivity index (χ1) is 10.2. The van der Waals surface area contributed by atoms with Gasteiger partial charge in [-0.15, -0.1) is 0 Å². The number of hydrogen-bond donors (Lipinski definition) is 1. The third kappa shape index (κ3) is 2.79. The standard InChI is InChI=1S/C15H13N3O2S/c16-7-10-2-1-3-11(6-10)14(20)13-8-17-15(21-13)18-5-4-12(19)9-18/h1-3,6,8,12,19H,4-5,9H2/t12-/m0/s1. The minimum atomic E-state index is -0.319. The van der Waals surface area contributed by atoms with E-state index in [1.54, 1.807) is 30.5 Å². The number of carbonyl (C=O) groups is 1. The molecule has 6 heteroatoms. The molecule has 0 radical (unpaired) electrons. The summed E-state index contributed by atoms with van der Waals surface area (Å²) in [5.41, 5.74) is 0.957. The largest absolute Gasteiger partial charge is 0.391 e. The number of nitriles is 1. The lowest BCUT2D eigenvalue weighted by Crippen LogP contribution is -2.20. The summed E-state index contributed by atoms with van der Waals surface area (Å²) in [5, 5.41) is 19.2. The van der Waals surface area contributed by atoms with E-state index in [9.17, 15) is 9.90 Å². The van der Waals surface area contributed by atoms with Crippen molar-refractivity contribution in [2.24, 2.45) is 0 Å². The molecule has 5 nitrogen and oxygen atoms in total. The van der Waals surface area contributed by atoms with Crippen molar-refractivity contribution >= 4 is 22.3 Å². The van der Waals surface area contributed by atoms with E-state index in [0.717, 1.165) is 18.1 Å². The molecule has 1 fully saturated rings. The van der Waals surface area contributed by atoms with Crippen LogP contribution in [0.15, 0.2) is 30.5 Å². The fourth-order valence-corrected chi connectivity index (χ4v) is 3.22. The molecule has 0 unspecified atom stereocenters. The maximum Gasteiger partial charge on any atom is 0.204 e. The van der Waals surface area contributed by atoms with E-state index in [2.05, 4.69) is 4.98 Å². The van der Waals surface area contributed by atoms with Crippen LogP contribution in [0.1, 0.15) is 27.2 Å². The maximum absolute atomic E-state index is 12.4. The second-order valence-corrected chi connectivity index (χ2v) is 5.93. The normalized spacial score (nSPS) is 17.7. The predicted octanol–water partition coefficient (Wildman–Crippen LogP) is 1.82. The summed E-state index contributed by atoms with van der Waals surface area (Å²) in [5.74, 6) is -0.129. The Labute approximate surface area is 126 Å². The second kappa shape index (κ2) is 5.64. The molecule has 0 saturated carbocycles. The SMILES string of the molecule is N#Cc1cccc(C(=O)c2cnc(N3CC[C@H](O)C3)s2)c1. The molecular formula is C15H13N3O2S.